The molecule has 0 bridgehead atoms. The topological polar surface area (TPSA) is 73.9 Å². The van der Waals surface area contributed by atoms with Gasteiger partial charge in [-0.15, -0.1) is 4.89 Å². The van der Waals surface area contributed by atoms with E-state index in [1.54, 1.807) is 0 Å². The van der Waals surface area contributed by atoms with Gasteiger partial charge in [-0.1, -0.05) is 13.8 Å². The Morgan fingerprint density at radius 1 is 0.737 bits per heavy atom. The molecule has 7 heteroatoms. The maximum atomic E-state index is 11.3. The van der Waals surface area contributed by atoms with Crippen LogP contribution in [0.1, 0.15) is 39.5 Å². The fraction of sp³-hybridized carbons (Fsp3) is 1.00. The Morgan fingerprint density at radius 2 is 1.16 bits per heavy atom. The van der Waals surface area contributed by atoms with Gasteiger partial charge in [0.15, 0.2) is 0 Å². The molecule has 0 fully saturated rings. The van der Waals surface area contributed by atoms with E-state index < -0.39 is 7.82 Å². The molecule has 0 aliphatic carbocycles. The fourth-order valence-corrected chi connectivity index (χ4v) is 1.98. The summed E-state index contributed by atoms with van der Waals surface area (Å²) < 4.78 is 31.1. The molecule has 115 valence electrons. The molecule has 0 saturated heterocycles. The van der Waals surface area contributed by atoms with Gasteiger partial charge in [-0.3, -0.25) is 9.05 Å². The maximum Gasteiger partial charge on any atom is 0.502 e. The largest absolute Gasteiger partial charge is 0.502 e. The highest BCUT2D eigenvalue weighted by molar-refractivity contribution is 7.47. The molecular formula is C12H26O6P. The minimum atomic E-state index is -4.16. The van der Waals surface area contributed by atoms with Crippen LogP contribution in [0.3, 0.4) is 0 Å². The zero-order valence-corrected chi connectivity index (χ0v) is 12.9. The van der Waals surface area contributed by atoms with Gasteiger partial charge in [-0.2, -0.15) is 0 Å². The summed E-state index contributed by atoms with van der Waals surface area (Å²) in [7, 11) is -4.16. The highest BCUT2D eigenvalue weighted by Crippen LogP contribution is 2.44. The average Bonchev–Trinajstić information content (AvgIpc) is 2.38. The van der Waals surface area contributed by atoms with Gasteiger partial charge in [0.1, 0.15) is 0 Å². The molecular weight excluding hydrogens is 271 g/mol. The van der Waals surface area contributed by atoms with Crippen LogP contribution in [-0.4, -0.2) is 39.6 Å². The molecule has 0 N–H and O–H groups in total. The van der Waals surface area contributed by atoms with Gasteiger partial charge in [-0.25, -0.2) is 4.57 Å². The highest BCUT2D eigenvalue weighted by Gasteiger charge is 2.22. The van der Waals surface area contributed by atoms with Crippen LogP contribution in [0.2, 0.25) is 0 Å². The lowest BCUT2D eigenvalue weighted by Crippen LogP contribution is -2.04. The Labute approximate surface area is 116 Å². The maximum absolute atomic E-state index is 11.3. The van der Waals surface area contributed by atoms with Crippen molar-refractivity contribution in [1.82, 2.24) is 0 Å². The van der Waals surface area contributed by atoms with Gasteiger partial charge < -0.3 is 9.47 Å². The lowest BCUT2D eigenvalue weighted by molar-refractivity contribution is 0.0845. The lowest BCUT2D eigenvalue weighted by atomic mass is 10.5. The molecule has 0 amide bonds. The van der Waals surface area contributed by atoms with E-state index in [1.165, 1.54) is 0 Å². The molecule has 0 saturated carbocycles. The lowest BCUT2D eigenvalue weighted by Gasteiger charge is -2.10. The Kier molecular flexibility index (Phi) is 13.1. The van der Waals surface area contributed by atoms with E-state index in [0.29, 0.717) is 39.3 Å². The van der Waals surface area contributed by atoms with Crippen molar-refractivity contribution in [2.75, 3.05) is 39.6 Å². The van der Waals surface area contributed by atoms with Crippen LogP contribution in [0.15, 0.2) is 0 Å². The predicted octanol–water partition coefficient (Wildman–Crippen LogP) is 3.19. The van der Waals surface area contributed by atoms with Gasteiger partial charge in [-0.05, 0) is 25.7 Å². The van der Waals surface area contributed by atoms with E-state index in [4.69, 9.17) is 18.5 Å². The summed E-state index contributed by atoms with van der Waals surface area (Å²) in [5.41, 5.74) is 0. The number of hydrogen-bond acceptors (Lipinski definition) is 5. The van der Waals surface area contributed by atoms with Crippen molar-refractivity contribution in [3.05, 3.63) is 0 Å². The van der Waals surface area contributed by atoms with Gasteiger partial charge in [0.2, 0.25) is 0 Å². The van der Waals surface area contributed by atoms with Crippen molar-refractivity contribution < 1.29 is 28.0 Å². The Hall–Kier alpha value is 0.0300. The monoisotopic (exact) mass is 297 g/mol. The third kappa shape index (κ3) is 14.3. The summed E-state index contributed by atoms with van der Waals surface area (Å²) in [6.45, 7) is 6.58. The Bertz CT molecular complexity index is 216. The van der Waals surface area contributed by atoms with Crippen LogP contribution >= 0.6 is 7.82 Å². The van der Waals surface area contributed by atoms with Gasteiger partial charge in [0, 0.05) is 26.4 Å². The van der Waals surface area contributed by atoms with Crippen molar-refractivity contribution in [1.29, 1.82) is 0 Å². The van der Waals surface area contributed by atoms with Crippen LogP contribution in [-0.2, 0) is 28.0 Å². The minimum absolute atomic E-state index is 0.0941. The first-order valence-corrected chi connectivity index (χ1v) is 8.34. The van der Waals surface area contributed by atoms with Crippen molar-refractivity contribution in [3.8, 4) is 0 Å². The summed E-state index contributed by atoms with van der Waals surface area (Å²) in [6.07, 6.45) is 2.97. The second-order valence-corrected chi connectivity index (χ2v) is 5.46. The molecule has 0 spiro atoms. The molecule has 0 atom stereocenters. The SMILES string of the molecule is CCCOCCCOP([O])(=O)OCCCOCCC. The smallest absolute Gasteiger partial charge is 0.381 e. The van der Waals surface area contributed by atoms with Crippen molar-refractivity contribution in [2.24, 2.45) is 0 Å². The summed E-state index contributed by atoms with van der Waals surface area (Å²) in [5, 5.41) is 0. The van der Waals surface area contributed by atoms with E-state index in [0.717, 1.165) is 12.8 Å². The Balaban J connectivity index is 3.39. The zero-order valence-electron chi connectivity index (χ0n) is 12.0. The molecule has 19 heavy (non-hydrogen) atoms. The van der Waals surface area contributed by atoms with Crippen LogP contribution < -0.4 is 0 Å². The molecule has 0 unspecified atom stereocenters. The van der Waals surface area contributed by atoms with E-state index in [-0.39, 0.29) is 13.2 Å². The molecule has 0 aromatic rings. The normalized spacial score (nSPS) is 11.9. The molecule has 0 aromatic carbocycles. The minimum Gasteiger partial charge on any atom is -0.381 e. The summed E-state index contributed by atoms with van der Waals surface area (Å²) in [5.74, 6) is 0. The summed E-state index contributed by atoms with van der Waals surface area (Å²) in [6, 6.07) is 0. The molecule has 0 rings (SSSR count). The Morgan fingerprint density at radius 3 is 1.53 bits per heavy atom. The quantitative estimate of drug-likeness (QED) is 0.363. The first-order valence-electron chi connectivity index (χ1n) is 6.88. The molecule has 0 aliphatic rings. The van der Waals surface area contributed by atoms with Gasteiger partial charge >= 0.3 is 7.82 Å². The second kappa shape index (κ2) is 13.0. The van der Waals surface area contributed by atoms with Crippen molar-refractivity contribution in [3.63, 3.8) is 0 Å². The molecule has 0 heterocycles. The van der Waals surface area contributed by atoms with Crippen molar-refractivity contribution in [2.45, 2.75) is 39.5 Å². The van der Waals surface area contributed by atoms with Gasteiger partial charge in [0.05, 0.1) is 13.2 Å². The fourth-order valence-electron chi connectivity index (χ4n) is 1.20. The number of rotatable bonds is 14. The number of hydrogen-bond donors (Lipinski definition) is 0. The summed E-state index contributed by atoms with van der Waals surface area (Å²) >= 11 is 0. The van der Waals surface area contributed by atoms with E-state index in [1.807, 2.05) is 13.8 Å². The van der Waals surface area contributed by atoms with Crippen LogP contribution in [0.25, 0.3) is 0 Å². The molecule has 1 radical (unpaired) electrons. The number of ether oxygens (including phenoxy) is 2. The standard InChI is InChI=1S/C12H26O6P/c1-3-7-15-9-5-11-17-19(13,14)18-12-6-10-16-8-4-2/h3-12H2,1-2H3. The average molecular weight is 297 g/mol. The molecule has 0 aromatic heterocycles. The van der Waals surface area contributed by atoms with Crippen LogP contribution in [0, 0.1) is 0 Å². The van der Waals surface area contributed by atoms with Gasteiger partial charge in [0.25, 0.3) is 0 Å². The third-order valence-corrected chi connectivity index (χ3v) is 3.06. The van der Waals surface area contributed by atoms with E-state index >= 15 is 0 Å². The third-order valence-electron chi connectivity index (χ3n) is 2.06. The van der Waals surface area contributed by atoms with Crippen LogP contribution in [0.5, 0.6) is 0 Å². The van der Waals surface area contributed by atoms with E-state index in [9.17, 15) is 9.46 Å². The highest BCUT2D eigenvalue weighted by atomic mass is 31.2. The first-order chi connectivity index (χ1) is 9.12. The summed E-state index contributed by atoms with van der Waals surface area (Å²) in [4.78, 5) is 11.3. The predicted molar refractivity (Wildman–Crippen MR) is 71.7 cm³/mol. The van der Waals surface area contributed by atoms with Crippen LogP contribution in [0.4, 0.5) is 0 Å². The zero-order chi connectivity index (χ0) is 14.4. The first kappa shape index (κ1) is 19.0. The van der Waals surface area contributed by atoms with Crippen molar-refractivity contribution >= 4 is 7.82 Å². The van der Waals surface area contributed by atoms with E-state index in [2.05, 4.69) is 0 Å². The molecule has 6 nitrogen and oxygen atoms in total. The molecule has 0 aliphatic heterocycles. The second-order valence-electron chi connectivity index (χ2n) is 4.05.